The Morgan fingerprint density at radius 2 is 1.84 bits per heavy atom. The number of likely N-dealkylation sites (tertiary alicyclic amines) is 1. The summed E-state index contributed by atoms with van der Waals surface area (Å²) >= 11 is 0. The first kappa shape index (κ1) is 14.7. The van der Waals surface area contributed by atoms with E-state index in [4.69, 9.17) is 0 Å². The highest BCUT2D eigenvalue weighted by Crippen LogP contribution is 2.52. The third-order valence-corrected chi connectivity index (χ3v) is 4.83. The average molecular weight is 266 g/mol. The molecule has 1 spiro atoms. The molecule has 0 aromatic carbocycles. The molecule has 2 N–H and O–H groups in total. The lowest BCUT2D eigenvalue weighted by atomic mass is 9.57. The van der Waals surface area contributed by atoms with E-state index in [1.165, 1.54) is 32.2 Å². The van der Waals surface area contributed by atoms with Gasteiger partial charge in [-0.2, -0.15) is 0 Å². The maximum absolute atomic E-state index is 10.0. The maximum Gasteiger partial charge on any atom is 0.185 e. The molecular formula is C16H30N2O. The van der Waals surface area contributed by atoms with Gasteiger partial charge < -0.3 is 15.3 Å². The molecule has 0 bridgehead atoms. The first-order valence-corrected chi connectivity index (χ1v) is 7.77. The summed E-state index contributed by atoms with van der Waals surface area (Å²) < 4.78 is 0. The number of nitrogens with one attached hydrogen (secondary N) is 1. The van der Waals surface area contributed by atoms with E-state index in [-0.39, 0.29) is 0 Å². The molecule has 1 aliphatic carbocycles. The molecule has 1 heterocycles. The largest absolute Gasteiger partial charge is 0.495 e. The van der Waals surface area contributed by atoms with Crippen molar-refractivity contribution in [2.24, 2.45) is 11.3 Å². The number of nitrogens with zero attached hydrogens (tertiary/aromatic N) is 1. The highest BCUT2D eigenvalue weighted by atomic mass is 16.3. The smallest absolute Gasteiger partial charge is 0.185 e. The summed E-state index contributed by atoms with van der Waals surface area (Å²) in [5.41, 5.74) is 1.63. The normalized spacial score (nSPS) is 22.7. The van der Waals surface area contributed by atoms with Crippen LogP contribution in [0.3, 0.4) is 0 Å². The number of aliphatic hydroxyl groups is 1. The predicted octanol–water partition coefficient (Wildman–Crippen LogP) is 3.29. The molecule has 2 rings (SSSR count). The van der Waals surface area contributed by atoms with E-state index in [9.17, 15) is 5.11 Å². The van der Waals surface area contributed by atoms with Crippen LogP contribution >= 0.6 is 0 Å². The van der Waals surface area contributed by atoms with Crippen molar-refractivity contribution in [2.75, 3.05) is 19.6 Å². The van der Waals surface area contributed by atoms with Gasteiger partial charge in [-0.15, -0.1) is 0 Å². The average Bonchev–Trinajstić information content (AvgIpc) is 2.33. The number of allylic oxidation sites excluding steroid dienone is 1. The van der Waals surface area contributed by atoms with E-state index in [1.54, 1.807) is 0 Å². The SMILES string of the molecule is CC(C)=C(O)N1CCC2(CC1)CC(CNC(C)C)C2. The van der Waals surface area contributed by atoms with Crippen LogP contribution in [0.25, 0.3) is 0 Å². The summed E-state index contributed by atoms with van der Waals surface area (Å²) in [6.07, 6.45) is 5.28. The van der Waals surface area contributed by atoms with Crippen LogP contribution in [0.15, 0.2) is 11.5 Å². The monoisotopic (exact) mass is 266 g/mol. The van der Waals surface area contributed by atoms with E-state index < -0.39 is 0 Å². The van der Waals surface area contributed by atoms with Crippen molar-refractivity contribution in [3.05, 3.63) is 11.5 Å². The molecular weight excluding hydrogens is 236 g/mol. The first-order chi connectivity index (χ1) is 8.92. The fourth-order valence-electron chi connectivity index (χ4n) is 3.63. The third-order valence-electron chi connectivity index (χ3n) is 4.83. The number of aliphatic hydroxyl groups excluding tert-OH is 1. The first-order valence-electron chi connectivity index (χ1n) is 7.77. The molecule has 1 aliphatic heterocycles. The molecule has 0 aromatic rings. The highest BCUT2D eigenvalue weighted by molar-refractivity contribution is 5.05. The van der Waals surface area contributed by atoms with Crippen LogP contribution in [0.2, 0.25) is 0 Å². The Morgan fingerprint density at radius 3 is 2.32 bits per heavy atom. The summed E-state index contributed by atoms with van der Waals surface area (Å²) in [4.78, 5) is 2.15. The van der Waals surface area contributed by atoms with Gasteiger partial charge in [0.15, 0.2) is 5.88 Å². The second kappa shape index (κ2) is 5.74. The second-order valence-electron chi connectivity index (χ2n) is 7.15. The summed E-state index contributed by atoms with van der Waals surface area (Å²) in [5, 5.41) is 13.6. The zero-order chi connectivity index (χ0) is 14.0. The van der Waals surface area contributed by atoms with Crippen molar-refractivity contribution in [3.63, 3.8) is 0 Å². The van der Waals surface area contributed by atoms with Crippen molar-refractivity contribution in [1.82, 2.24) is 10.2 Å². The van der Waals surface area contributed by atoms with E-state index in [0.29, 0.717) is 17.3 Å². The molecule has 2 aliphatic rings. The van der Waals surface area contributed by atoms with Crippen molar-refractivity contribution >= 4 is 0 Å². The number of piperidine rings is 1. The van der Waals surface area contributed by atoms with Gasteiger partial charge >= 0.3 is 0 Å². The summed E-state index contributed by atoms with van der Waals surface area (Å²) in [7, 11) is 0. The Labute approximate surface area is 118 Å². The quantitative estimate of drug-likeness (QED) is 0.767. The van der Waals surface area contributed by atoms with Gasteiger partial charge in [0.1, 0.15) is 0 Å². The fraction of sp³-hybridized carbons (Fsp3) is 0.875. The highest BCUT2D eigenvalue weighted by Gasteiger charge is 2.45. The molecule has 3 heteroatoms. The molecule has 110 valence electrons. The Balaban J connectivity index is 1.75. The minimum Gasteiger partial charge on any atom is -0.495 e. The van der Waals surface area contributed by atoms with Crippen LogP contribution in [-0.2, 0) is 0 Å². The third kappa shape index (κ3) is 3.44. The van der Waals surface area contributed by atoms with Crippen LogP contribution in [-0.4, -0.2) is 35.7 Å². The van der Waals surface area contributed by atoms with Crippen molar-refractivity contribution in [2.45, 2.75) is 59.4 Å². The van der Waals surface area contributed by atoms with E-state index >= 15 is 0 Å². The molecule has 0 unspecified atom stereocenters. The van der Waals surface area contributed by atoms with Crippen LogP contribution < -0.4 is 5.32 Å². The zero-order valence-corrected chi connectivity index (χ0v) is 13.0. The van der Waals surface area contributed by atoms with Gasteiger partial charge in [-0.25, -0.2) is 0 Å². The molecule has 0 amide bonds. The van der Waals surface area contributed by atoms with E-state index in [2.05, 4.69) is 24.1 Å². The van der Waals surface area contributed by atoms with Gasteiger partial charge in [-0.3, -0.25) is 0 Å². The van der Waals surface area contributed by atoms with E-state index in [0.717, 1.165) is 24.6 Å². The van der Waals surface area contributed by atoms with Gasteiger partial charge in [0.2, 0.25) is 0 Å². The molecule has 0 aromatic heterocycles. The molecule has 3 nitrogen and oxygen atoms in total. The number of hydrogen-bond acceptors (Lipinski definition) is 3. The fourth-order valence-corrected chi connectivity index (χ4v) is 3.63. The summed E-state index contributed by atoms with van der Waals surface area (Å²) in [6.45, 7) is 11.6. The van der Waals surface area contributed by atoms with Crippen LogP contribution in [0.1, 0.15) is 53.4 Å². The summed E-state index contributed by atoms with van der Waals surface area (Å²) in [5.74, 6) is 1.39. The molecule has 0 radical (unpaired) electrons. The van der Waals surface area contributed by atoms with Crippen LogP contribution in [0.4, 0.5) is 0 Å². The van der Waals surface area contributed by atoms with Crippen molar-refractivity contribution in [1.29, 1.82) is 0 Å². The lowest BCUT2D eigenvalue weighted by Crippen LogP contribution is -2.49. The van der Waals surface area contributed by atoms with E-state index in [1.807, 2.05) is 13.8 Å². The topological polar surface area (TPSA) is 35.5 Å². The van der Waals surface area contributed by atoms with Crippen molar-refractivity contribution in [3.8, 4) is 0 Å². The molecule has 19 heavy (non-hydrogen) atoms. The minimum absolute atomic E-state index is 0.507. The van der Waals surface area contributed by atoms with Gasteiger partial charge in [-0.1, -0.05) is 13.8 Å². The standard InChI is InChI=1S/C16H30N2O/c1-12(2)15(19)18-7-5-16(6-8-18)9-14(10-16)11-17-13(3)4/h13-14,17,19H,5-11H2,1-4H3. The minimum atomic E-state index is 0.507. The second-order valence-corrected chi connectivity index (χ2v) is 7.15. The predicted molar refractivity (Wildman–Crippen MR) is 80.1 cm³/mol. The Morgan fingerprint density at radius 1 is 1.26 bits per heavy atom. The van der Waals surface area contributed by atoms with Gasteiger partial charge in [0.25, 0.3) is 0 Å². The van der Waals surface area contributed by atoms with Crippen LogP contribution in [0.5, 0.6) is 0 Å². The van der Waals surface area contributed by atoms with Gasteiger partial charge in [0, 0.05) is 19.1 Å². The maximum atomic E-state index is 10.0. The lowest BCUT2D eigenvalue weighted by molar-refractivity contribution is -0.0154. The van der Waals surface area contributed by atoms with Gasteiger partial charge in [0.05, 0.1) is 0 Å². The Kier molecular flexibility index (Phi) is 4.44. The Bertz CT molecular complexity index is 329. The molecule has 1 saturated heterocycles. The number of rotatable bonds is 4. The molecule has 0 atom stereocenters. The van der Waals surface area contributed by atoms with Crippen molar-refractivity contribution < 1.29 is 5.11 Å². The molecule has 2 fully saturated rings. The summed E-state index contributed by atoms with van der Waals surface area (Å²) in [6, 6.07) is 0.605. The zero-order valence-electron chi connectivity index (χ0n) is 13.0. The van der Waals surface area contributed by atoms with Gasteiger partial charge in [-0.05, 0) is 63.0 Å². The Hall–Kier alpha value is -0.700. The van der Waals surface area contributed by atoms with Crippen LogP contribution in [0, 0.1) is 11.3 Å². The lowest BCUT2D eigenvalue weighted by Gasteiger charge is -2.52. The number of hydrogen-bond donors (Lipinski definition) is 2. The molecule has 1 saturated carbocycles.